The van der Waals surface area contributed by atoms with Gasteiger partial charge in [-0.3, -0.25) is 9.59 Å². The Labute approximate surface area is 210 Å². The van der Waals surface area contributed by atoms with Gasteiger partial charge in [-0.15, -0.1) is 0 Å². The van der Waals surface area contributed by atoms with Crippen molar-refractivity contribution in [2.24, 2.45) is 4.99 Å². The Bertz CT molecular complexity index is 1520. The first kappa shape index (κ1) is 25.3. The number of phenols is 4. The number of carbonyl (C=O) groups is 2. The first-order chi connectivity index (χ1) is 17.5. The summed E-state index contributed by atoms with van der Waals surface area (Å²) in [6, 6.07) is 11.6. The first-order valence-electron chi connectivity index (χ1n) is 10.7. The summed E-state index contributed by atoms with van der Waals surface area (Å²) in [5, 5.41) is 41.5. The number of carbonyl (C=O) groups excluding carboxylic acids is 2. The van der Waals surface area contributed by atoms with E-state index in [0.29, 0.717) is 0 Å². The van der Waals surface area contributed by atoms with Crippen LogP contribution < -0.4 is 10.0 Å². The minimum absolute atomic E-state index is 0.0432. The summed E-state index contributed by atoms with van der Waals surface area (Å²) >= 11 is 0. The van der Waals surface area contributed by atoms with Crippen LogP contribution in [0, 0.1) is 0 Å². The summed E-state index contributed by atoms with van der Waals surface area (Å²) in [4.78, 5) is 28.9. The molecule has 37 heavy (non-hydrogen) atoms. The maximum absolute atomic E-state index is 12.8. The van der Waals surface area contributed by atoms with Crippen molar-refractivity contribution in [3.8, 4) is 23.0 Å². The van der Waals surface area contributed by atoms with Gasteiger partial charge in [-0.05, 0) is 55.5 Å². The van der Waals surface area contributed by atoms with Crippen molar-refractivity contribution in [2.45, 2.75) is 24.0 Å². The molecule has 3 aromatic rings. The van der Waals surface area contributed by atoms with Gasteiger partial charge in [0, 0.05) is 5.69 Å². The van der Waals surface area contributed by atoms with Crippen LogP contribution in [0.15, 0.2) is 70.6 Å². The van der Waals surface area contributed by atoms with E-state index in [0.717, 1.165) is 12.1 Å². The summed E-state index contributed by atoms with van der Waals surface area (Å²) in [6.07, 6.45) is -0.863. The van der Waals surface area contributed by atoms with Crippen LogP contribution in [0.5, 0.6) is 23.0 Å². The maximum Gasteiger partial charge on any atom is 0.264 e. The van der Waals surface area contributed by atoms with Gasteiger partial charge in [0.2, 0.25) is 5.90 Å². The van der Waals surface area contributed by atoms with Crippen molar-refractivity contribution in [1.29, 1.82) is 0 Å². The first-order valence-corrected chi connectivity index (χ1v) is 12.2. The van der Waals surface area contributed by atoms with Crippen molar-refractivity contribution in [3.63, 3.8) is 0 Å². The third kappa shape index (κ3) is 5.11. The van der Waals surface area contributed by atoms with E-state index in [1.807, 2.05) is 4.72 Å². The minimum Gasteiger partial charge on any atom is -0.504 e. The van der Waals surface area contributed by atoms with Crippen molar-refractivity contribution in [1.82, 2.24) is 4.72 Å². The number of para-hydroxylation sites is 2. The van der Waals surface area contributed by atoms with Crippen molar-refractivity contribution in [2.75, 3.05) is 5.32 Å². The summed E-state index contributed by atoms with van der Waals surface area (Å²) in [5.74, 6) is -3.81. The van der Waals surface area contributed by atoms with Crippen molar-refractivity contribution in [3.05, 3.63) is 71.8 Å². The number of phenolic OH excluding ortho intramolecular Hbond substituents is 4. The fraction of sp³-hybridized carbons (Fsp3) is 0.125. The molecule has 0 aromatic heterocycles. The fourth-order valence-corrected chi connectivity index (χ4v) is 4.49. The highest BCUT2D eigenvalue weighted by Crippen LogP contribution is 2.32. The van der Waals surface area contributed by atoms with Crippen LogP contribution in [-0.4, -0.2) is 58.7 Å². The highest BCUT2D eigenvalue weighted by Gasteiger charge is 2.36. The van der Waals surface area contributed by atoms with Crippen molar-refractivity contribution >= 4 is 33.4 Å². The Kier molecular flexibility index (Phi) is 6.64. The lowest BCUT2D eigenvalue weighted by molar-refractivity contribution is -0.121. The Balaban J connectivity index is 1.46. The van der Waals surface area contributed by atoms with Crippen LogP contribution in [0.4, 0.5) is 5.69 Å². The van der Waals surface area contributed by atoms with E-state index in [1.165, 1.54) is 55.5 Å². The molecule has 3 aromatic carbocycles. The zero-order valence-corrected chi connectivity index (χ0v) is 19.9. The molecule has 0 spiro atoms. The summed E-state index contributed by atoms with van der Waals surface area (Å²) in [7, 11) is -4.33. The lowest BCUT2D eigenvalue weighted by Gasteiger charge is -2.14. The molecule has 0 bridgehead atoms. The van der Waals surface area contributed by atoms with E-state index in [1.54, 1.807) is 0 Å². The number of ether oxygens (including phenoxy) is 1. The predicted octanol–water partition coefficient (Wildman–Crippen LogP) is 1.80. The molecule has 0 saturated heterocycles. The second-order valence-corrected chi connectivity index (χ2v) is 9.68. The summed E-state index contributed by atoms with van der Waals surface area (Å²) in [5.41, 5.74) is 0.0495. The van der Waals surface area contributed by atoms with E-state index in [9.17, 15) is 38.4 Å². The normalized spacial score (nSPS) is 16.9. The monoisotopic (exact) mass is 527 g/mol. The molecule has 2 amide bonds. The van der Waals surface area contributed by atoms with Gasteiger partial charge < -0.3 is 30.5 Å². The molecular formula is C24H21N3O9S. The van der Waals surface area contributed by atoms with Gasteiger partial charge in [-0.2, -0.15) is 0 Å². The molecule has 1 aliphatic heterocycles. The molecule has 6 N–H and O–H groups in total. The van der Waals surface area contributed by atoms with Crippen molar-refractivity contribution < 1.29 is 43.2 Å². The quantitative estimate of drug-likeness (QED) is 0.259. The van der Waals surface area contributed by atoms with Crippen LogP contribution in [0.25, 0.3) is 0 Å². The second kappa shape index (κ2) is 9.70. The Morgan fingerprint density at radius 3 is 2.19 bits per heavy atom. The summed E-state index contributed by atoms with van der Waals surface area (Å²) < 4.78 is 32.9. The zero-order chi connectivity index (χ0) is 26.9. The molecule has 0 fully saturated rings. The minimum atomic E-state index is -4.33. The lowest BCUT2D eigenvalue weighted by Crippen LogP contribution is -2.41. The van der Waals surface area contributed by atoms with E-state index < -0.39 is 57.0 Å². The maximum atomic E-state index is 12.8. The molecular weight excluding hydrogens is 506 g/mol. The molecule has 192 valence electrons. The van der Waals surface area contributed by atoms with Crippen LogP contribution in [-0.2, 0) is 19.6 Å². The molecule has 0 radical (unpaired) electrons. The highest BCUT2D eigenvalue weighted by atomic mass is 32.2. The van der Waals surface area contributed by atoms with Gasteiger partial charge in [0.05, 0.1) is 16.0 Å². The van der Waals surface area contributed by atoms with Gasteiger partial charge in [-0.25, -0.2) is 18.1 Å². The van der Waals surface area contributed by atoms with Gasteiger partial charge >= 0.3 is 0 Å². The number of nitrogens with zero attached hydrogens (tertiary/aromatic N) is 1. The highest BCUT2D eigenvalue weighted by molar-refractivity contribution is 7.90. The Morgan fingerprint density at radius 2 is 1.51 bits per heavy atom. The number of benzene rings is 3. The molecule has 1 heterocycles. The molecule has 1 unspecified atom stereocenters. The van der Waals surface area contributed by atoms with E-state index in [4.69, 9.17) is 4.74 Å². The van der Waals surface area contributed by atoms with Crippen LogP contribution >= 0.6 is 0 Å². The number of sulfonamides is 1. The fourth-order valence-electron chi connectivity index (χ4n) is 3.49. The van der Waals surface area contributed by atoms with Gasteiger partial charge in [-0.1, -0.05) is 12.1 Å². The predicted molar refractivity (Wildman–Crippen MR) is 130 cm³/mol. The number of aliphatic imine (C=N–C) groups is 1. The number of nitrogens with one attached hydrogen (secondary N) is 2. The molecule has 1 aliphatic rings. The Morgan fingerprint density at radius 1 is 0.892 bits per heavy atom. The molecule has 0 aliphatic carbocycles. The average molecular weight is 528 g/mol. The van der Waals surface area contributed by atoms with Crippen LogP contribution in [0.3, 0.4) is 0 Å². The van der Waals surface area contributed by atoms with Gasteiger partial charge in [0.25, 0.3) is 21.8 Å². The largest absolute Gasteiger partial charge is 0.504 e. The number of hydrogen-bond donors (Lipinski definition) is 6. The third-order valence-corrected chi connectivity index (χ3v) is 6.79. The standard InChI is InChI=1S/C24H21N3O9S/c1-12-19(26-24(36-12)16-5-3-7-18(29)21(16)31)23(33)27-37(34,35)14-10-8-13(9-11-14)25-22(32)15-4-2-6-17(28)20(15)30/h2-12,19,28-31H,1H3,(H,25,32)(H,27,33)/t12?,19-/m0/s1. The number of rotatable bonds is 6. The topological polar surface area (TPSA) is 195 Å². The molecule has 0 saturated carbocycles. The molecule has 4 rings (SSSR count). The third-order valence-electron chi connectivity index (χ3n) is 5.43. The molecule has 13 heteroatoms. The number of aromatic hydroxyl groups is 4. The summed E-state index contributed by atoms with van der Waals surface area (Å²) in [6.45, 7) is 1.49. The SMILES string of the molecule is CC1OC(c2cccc(O)c2O)=N[C@@H]1C(=O)NS(=O)(=O)c1ccc(NC(=O)c2cccc(O)c2O)cc1. The smallest absolute Gasteiger partial charge is 0.264 e. The number of anilines is 1. The lowest BCUT2D eigenvalue weighted by atomic mass is 10.1. The van der Waals surface area contributed by atoms with Gasteiger partial charge in [0.1, 0.15) is 6.10 Å². The van der Waals surface area contributed by atoms with E-state index in [-0.39, 0.29) is 27.6 Å². The van der Waals surface area contributed by atoms with E-state index >= 15 is 0 Å². The van der Waals surface area contributed by atoms with Crippen LogP contribution in [0.1, 0.15) is 22.8 Å². The number of hydrogen-bond acceptors (Lipinski definition) is 10. The second-order valence-electron chi connectivity index (χ2n) is 8.00. The number of amides is 2. The Hall–Kier alpha value is -4.78. The molecule has 2 atom stereocenters. The average Bonchev–Trinajstić information content (AvgIpc) is 3.24. The van der Waals surface area contributed by atoms with Crippen LogP contribution in [0.2, 0.25) is 0 Å². The zero-order valence-electron chi connectivity index (χ0n) is 19.1. The van der Waals surface area contributed by atoms with Gasteiger partial charge in [0.15, 0.2) is 29.0 Å². The molecule has 12 nitrogen and oxygen atoms in total. The van der Waals surface area contributed by atoms with E-state index in [2.05, 4.69) is 10.3 Å².